The Bertz CT molecular complexity index is 595. The van der Waals surface area contributed by atoms with E-state index in [2.05, 4.69) is 19.1 Å². The number of nitrogens with zero attached hydrogens (tertiary/aromatic N) is 3. The van der Waals surface area contributed by atoms with E-state index in [9.17, 15) is 0 Å². The van der Waals surface area contributed by atoms with E-state index < -0.39 is 0 Å². The van der Waals surface area contributed by atoms with Crippen molar-refractivity contribution in [3.8, 4) is 5.69 Å². The van der Waals surface area contributed by atoms with Gasteiger partial charge in [0, 0.05) is 14.1 Å². The second kappa shape index (κ2) is 3.99. The average molecular weight is 251 g/mol. The van der Waals surface area contributed by atoms with Gasteiger partial charge in [0.2, 0.25) is 9.54 Å². The molecule has 1 aromatic heterocycles. The Morgan fingerprint density at radius 3 is 1.75 bits per heavy atom. The van der Waals surface area contributed by atoms with Crippen LogP contribution in [0.4, 0.5) is 0 Å². The highest BCUT2D eigenvalue weighted by atomic mass is 32.1. The van der Waals surface area contributed by atoms with Gasteiger partial charge >= 0.3 is 0 Å². The van der Waals surface area contributed by atoms with Crippen LogP contribution in [0.3, 0.4) is 0 Å². The Kier molecular flexibility index (Phi) is 2.82. The minimum Gasteiger partial charge on any atom is -0.261 e. The summed E-state index contributed by atoms with van der Waals surface area (Å²) in [5.41, 5.74) is 2.23. The zero-order valence-corrected chi connectivity index (χ0v) is 11.1. The third-order valence-electron chi connectivity index (χ3n) is 2.68. The predicted octanol–water partition coefficient (Wildman–Crippen LogP) is 2.92. The van der Waals surface area contributed by atoms with Gasteiger partial charge in [-0.15, -0.1) is 0 Å². The Labute approximate surface area is 105 Å². The molecule has 2 rings (SSSR count). The van der Waals surface area contributed by atoms with Crippen molar-refractivity contribution < 1.29 is 0 Å². The smallest absolute Gasteiger partial charge is 0.201 e. The Balaban J connectivity index is 2.75. The summed E-state index contributed by atoms with van der Waals surface area (Å²) in [6.45, 7) is 2.06. The first-order valence-corrected chi connectivity index (χ1v) is 5.76. The first-order valence-electron chi connectivity index (χ1n) is 4.94. The van der Waals surface area contributed by atoms with Gasteiger partial charge < -0.3 is 0 Å². The first kappa shape index (κ1) is 11.3. The molecule has 0 saturated heterocycles. The van der Waals surface area contributed by atoms with Crippen LogP contribution in [0.2, 0.25) is 0 Å². The van der Waals surface area contributed by atoms with Gasteiger partial charge in [-0.3, -0.25) is 13.9 Å². The molecule has 5 heteroatoms. The summed E-state index contributed by atoms with van der Waals surface area (Å²) in [5, 5.41) is 0. The van der Waals surface area contributed by atoms with E-state index >= 15 is 0 Å². The van der Waals surface area contributed by atoms with Crippen LogP contribution in [0.5, 0.6) is 0 Å². The summed E-state index contributed by atoms with van der Waals surface area (Å²) in [6, 6.07) is 8.17. The topological polar surface area (TPSA) is 14.8 Å². The molecule has 1 aromatic carbocycles. The number of hydrogen-bond donors (Lipinski definition) is 0. The van der Waals surface area contributed by atoms with E-state index in [1.165, 1.54) is 5.56 Å². The van der Waals surface area contributed by atoms with Crippen molar-refractivity contribution in [1.82, 2.24) is 13.9 Å². The summed E-state index contributed by atoms with van der Waals surface area (Å²) in [7, 11) is 3.81. The van der Waals surface area contributed by atoms with Crippen LogP contribution >= 0.6 is 24.4 Å². The zero-order chi connectivity index (χ0) is 11.9. The Morgan fingerprint density at radius 1 is 0.875 bits per heavy atom. The van der Waals surface area contributed by atoms with Gasteiger partial charge in [-0.05, 0) is 43.5 Å². The van der Waals surface area contributed by atoms with E-state index in [4.69, 9.17) is 24.4 Å². The molecule has 0 saturated carbocycles. The first-order chi connectivity index (χ1) is 7.52. The molecule has 1 heterocycles. The Morgan fingerprint density at radius 2 is 1.31 bits per heavy atom. The van der Waals surface area contributed by atoms with Crippen LogP contribution in [0.1, 0.15) is 5.56 Å². The molecule has 0 radical (unpaired) electrons. The van der Waals surface area contributed by atoms with Gasteiger partial charge in [0.15, 0.2) is 0 Å². The maximum Gasteiger partial charge on any atom is 0.201 e. The standard InChI is InChI=1S/C11H13N3S2/c1-8-4-6-9(7-5-8)14-10(15)12(2)13(3)11(14)16/h4-7H,1-3H3. The van der Waals surface area contributed by atoms with Crippen LogP contribution in [0.15, 0.2) is 24.3 Å². The molecule has 0 aliphatic carbocycles. The summed E-state index contributed by atoms with van der Waals surface area (Å²) in [4.78, 5) is 0. The summed E-state index contributed by atoms with van der Waals surface area (Å²) in [6.07, 6.45) is 0. The van der Waals surface area contributed by atoms with Crippen LogP contribution < -0.4 is 0 Å². The monoisotopic (exact) mass is 251 g/mol. The molecule has 0 spiro atoms. The zero-order valence-electron chi connectivity index (χ0n) is 9.47. The molecular weight excluding hydrogens is 238 g/mol. The number of rotatable bonds is 1. The van der Waals surface area contributed by atoms with Crippen LogP contribution in [0.25, 0.3) is 5.69 Å². The van der Waals surface area contributed by atoms with Gasteiger partial charge in [0.25, 0.3) is 0 Å². The normalized spacial score (nSPS) is 10.7. The summed E-state index contributed by atoms with van der Waals surface area (Å²) < 4.78 is 7.02. The molecular formula is C11H13N3S2. The van der Waals surface area contributed by atoms with Crippen molar-refractivity contribution in [2.45, 2.75) is 6.92 Å². The third kappa shape index (κ3) is 1.66. The molecule has 0 aliphatic rings. The van der Waals surface area contributed by atoms with Crippen molar-refractivity contribution in [2.24, 2.45) is 14.1 Å². The molecule has 0 fully saturated rings. The van der Waals surface area contributed by atoms with Crippen molar-refractivity contribution >= 4 is 24.4 Å². The van der Waals surface area contributed by atoms with E-state index in [0.717, 1.165) is 5.69 Å². The molecule has 2 aromatic rings. The third-order valence-corrected chi connectivity index (χ3v) is 3.57. The van der Waals surface area contributed by atoms with Gasteiger partial charge in [0.05, 0.1) is 5.69 Å². The fraction of sp³-hybridized carbons (Fsp3) is 0.273. The van der Waals surface area contributed by atoms with E-state index in [-0.39, 0.29) is 0 Å². The second-order valence-electron chi connectivity index (χ2n) is 3.78. The van der Waals surface area contributed by atoms with E-state index in [1.807, 2.05) is 40.2 Å². The fourth-order valence-corrected chi connectivity index (χ4v) is 2.23. The van der Waals surface area contributed by atoms with Crippen LogP contribution in [0, 0.1) is 16.5 Å². The number of hydrogen-bond acceptors (Lipinski definition) is 2. The lowest BCUT2D eigenvalue weighted by atomic mass is 10.2. The highest BCUT2D eigenvalue weighted by Crippen LogP contribution is 2.12. The highest BCUT2D eigenvalue weighted by molar-refractivity contribution is 7.72. The minimum absolute atomic E-state index is 0.705. The van der Waals surface area contributed by atoms with Crippen LogP contribution in [-0.4, -0.2) is 13.9 Å². The number of aryl methyl sites for hydroxylation is 1. The lowest BCUT2D eigenvalue weighted by Gasteiger charge is -2.01. The molecule has 16 heavy (non-hydrogen) atoms. The molecule has 0 aliphatic heterocycles. The molecule has 84 valence electrons. The van der Waals surface area contributed by atoms with Gasteiger partial charge in [-0.2, -0.15) is 0 Å². The quantitative estimate of drug-likeness (QED) is 0.724. The van der Waals surface area contributed by atoms with Gasteiger partial charge in [0.1, 0.15) is 0 Å². The largest absolute Gasteiger partial charge is 0.261 e. The van der Waals surface area contributed by atoms with Crippen LogP contribution in [-0.2, 0) is 14.1 Å². The van der Waals surface area contributed by atoms with Gasteiger partial charge in [-0.1, -0.05) is 17.7 Å². The molecule has 0 unspecified atom stereocenters. The number of benzene rings is 1. The molecule has 3 nitrogen and oxygen atoms in total. The molecule has 0 bridgehead atoms. The minimum atomic E-state index is 0.705. The fourth-order valence-electron chi connectivity index (χ4n) is 1.54. The molecule has 0 atom stereocenters. The maximum atomic E-state index is 5.35. The van der Waals surface area contributed by atoms with Crippen molar-refractivity contribution in [3.63, 3.8) is 0 Å². The van der Waals surface area contributed by atoms with E-state index in [0.29, 0.717) is 9.54 Å². The SMILES string of the molecule is Cc1ccc(-n2c(=S)n(C)n(C)c2=S)cc1. The average Bonchev–Trinajstić information content (AvgIpc) is 2.46. The maximum absolute atomic E-state index is 5.35. The Hall–Kier alpha value is -1.20. The molecule has 0 N–H and O–H groups in total. The number of aromatic nitrogens is 3. The second-order valence-corrected chi connectivity index (χ2v) is 4.51. The summed E-state index contributed by atoms with van der Waals surface area (Å²) >= 11 is 10.7. The molecule has 0 amide bonds. The van der Waals surface area contributed by atoms with Crippen molar-refractivity contribution in [1.29, 1.82) is 0 Å². The lowest BCUT2D eigenvalue weighted by Crippen LogP contribution is -2.02. The van der Waals surface area contributed by atoms with E-state index in [1.54, 1.807) is 0 Å². The predicted molar refractivity (Wildman–Crippen MR) is 70.1 cm³/mol. The van der Waals surface area contributed by atoms with Crippen molar-refractivity contribution in [2.75, 3.05) is 0 Å². The lowest BCUT2D eigenvalue weighted by molar-refractivity contribution is 0.583. The van der Waals surface area contributed by atoms with Crippen molar-refractivity contribution in [3.05, 3.63) is 39.4 Å². The highest BCUT2D eigenvalue weighted by Gasteiger charge is 2.05. The summed E-state index contributed by atoms with van der Waals surface area (Å²) in [5.74, 6) is 0. The van der Waals surface area contributed by atoms with Gasteiger partial charge in [-0.25, -0.2) is 0 Å².